The van der Waals surface area contributed by atoms with Crippen molar-refractivity contribution < 1.29 is 9.90 Å². The van der Waals surface area contributed by atoms with Crippen LogP contribution in [-0.2, 0) is 4.79 Å². The number of aliphatic hydroxyl groups excluding tert-OH is 1. The maximum atomic E-state index is 11.1. The first kappa shape index (κ1) is 12.4. The van der Waals surface area contributed by atoms with Gasteiger partial charge in [-0.1, -0.05) is 19.8 Å². The number of amides is 1. The summed E-state index contributed by atoms with van der Waals surface area (Å²) in [6.07, 6.45) is 5.56. The lowest BCUT2D eigenvalue weighted by molar-refractivity contribution is -0.121. The van der Waals surface area contributed by atoms with Crippen molar-refractivity contribution in [2.24, 2.45) is 0 Å². The maximum absolute atomic E-state index is 11.1. The molecule has 2 N–H and O–H groups in total. The molecule has 0 atom stereocenters. The topological polar surface area (TPSA) is 49.3 Å². The molecule has 0 heterocycles. The molecule has 0 saturated heterocycles. The predicted molar refractivity (Wildman–Crippen MR) is 53.5 cm³/mol. The van der Waals surface area contributed by atoms with Crippen LogP contribution in [0.4, 0.5) is 0 Å². The third-order valence-corrected chi connectivity index (χ3v) is 1.91. The quantitative estimate of drug-likeness (QED) is 0.565. The van der Waals surface area contributed by atoms with Gasteiger partial charge in [-0.2, -0.15) is 0 Å². The zero-order valence-electron chi connectivity index (χ0n) is 8.51. The summed E-state index contributed by atoms with van der Waals surface area (Å²) < 4.78 is 0. The van der Waals surface area contributed by atoms with Crippen LogP contribution in [0.1, 0.15) is 45.4 Å². The van der Waals surface area contributed by atoms with Crippen molar-refractivity contribution in [3.8, 4) is 0 Å². The molecule has 0 bridgehead atoms. The molecule has 0 unspecified atom stereocenters. The van der Waals surface area contributed by atoms with E-state index < -0.39 is 0 Å². The summed E-state index contributed by atoms with van der Waals surface area (Å²) in [4.78, 5) is 11.1. The Morgan fingerprint density at radius 3 is 2.62 bits per heavy atom. The summed E-state index contributed by atoms with van der Waals surface area (Å²) in [5, 5.41) is 11.3. The first-order valence-electron chi connectivity index (χ1n) is 5.18. The Morgan fingerprint density at radius 2 is 2.00 bits per heavy atom. The number of hydrogen-bond acceptors (Lipinski definition) is 2. The number of hydrogen-bond donors (Lipinski definition) is 2. The second-order valence-electron chi connectivity index (χ2n) is 3.24. The summed E-state index contributed by atoms with van der Waals surface area (Å²) in [5.74, 6) is 0.145. The summed E-state index contributed by atoms with van der Waals surface area (Å²) in [6, 6.07) is 0. The molecule has 13 heavy (non-hydrogen) atoms. The molecule has 0 aliphatic rings. The van der Waals surface area contributed by atoms with E-state index in [9.17, 15) is 4.79 Å². The average Bonchev–Trinajstić information content (AvgIpc) is 2.13. The van der Waals surface area contributed by atoms with Crippen molar-refractivity contribution in [2.75, 3.05) is 13.2 Å². The lowest BCUT2D eigenvalue weighted by Crippen LogP contribution is -2.24. The van der Waals surface area contributed by atoms with Crippen molar-refractivity contribution >= 4 is 5.91 Å². The van der Waals surface area contributed by atoms with E-state index in [0.717, 1.165) is 32.1 Å². The van der Waals surface area contributed by atoms with Gasteiger partial charge in [-0.15, -0.1) is 0 Å². The Morgan fingerprint density at radius 1 is 1.23 bits per heavy atom. The largest absolute Gasteiger partial charge is 0.396 e. The Balaban J connectivity index is 3.11. The highest BCUT2D eigenvalue weighted by Gasteiger charge is 1.98. The van der Waals surface area contributed by atoms with Gasteiger partial charge in [0.25, 0.3) is 0 Å². The zero-order chi connectivity index (χ0) is 9.94. The van der Waals surface area contributed by atoms with E-state index in [1.807, 2.05) is 0 Å². The Labute approximate surface area is 80.5 Å². The van der Waals surface area contributed by atoms with Crippen LogP contribution in [0.5, 0.6) is 0 Å². The predicted octanol–water partition coefficient (Wildman–Crippen LogP) is 1.46. The molecule has 0 aliphatic heterocycles. The summed E-state index contributed by atoms with van der Waals surface area (Å²) in [7, 11) is 0. The molecule has 3 heteroatoms. The van der Waals surface area contributed by atoms with Crippen molar-refractivity contribution in [3.05, 3.63) is 0 Å². The normalized spacial score (nSPS) is 10.0. The smallest absolute Gasteiger partial charge is 0.219 e. The van der Waals surface area contributed by atoms with Crippen LogP contribution in [-0.4, -0.2) is 24.2 Å². The second kappa shape index (κ2) is 9.52. The van der Waals surface area contributed by atoms with Gasteiger partial charge in [0.05, 0.1) is 0 Å². The molecule has 78 valence electrons. The number of carbonyl (C=O) groups is 1. The summed E-state index contributed by atoms with van der Waals surface area (Å²) in [6.45, 7) is 3.04. The number of unbranched alkanes of at least 4 members (excludes halogenated alkanes) is 3. The van der Waals surface area contributed by atoms with Gasteiger partial charge in [0, 0.05) is 19.6 Å². The van der Waals surface area contributed by atoms with Crippen LogP contribution in [0.15, 0.2) is 0 Å². The lowest BCUT2D eigenvalue weighted by atomic mass is 10.2. The van der Waals surface area contributed by atoms with Crippen LogP contribution in [0.2, 0.25) is 0 Å². The van der Waals surface area contributed by atoms with Crippen molar-refractivity contribution in [1.29, 1.82) is 0 Å². The fourth-order valence-electron chi connectivity index (χ4n) is 1.09. The number of aliphatic hydroxyl groups is 1. The van der Waals surface area contributed by atoms with Gasteiger partial charge in [-0.05, 0) is 19.3 Å². The molecule has 0 rings (SSSR count). The Kier molecular flexibility index (Phi) is 9.10. The number of carbonyl (C=O) groups excluding carboxylic acids is 1. The van der Waals surface area contributed by atoms with Crippen LogP contribution >= 0.6 is 0 Å². The van der Waals surface area contributed by atoms with E-state index in [4.69, 9.17) is 5.11 Å². The van der Waals surface area contributed by atoms with Crippen molar-refractivity contribution in [3.63, 3.8) is 0 Å². The third kappa shape index (κ3) is 9.34. The molecule has 0 radical (unpaired) electrons. The van der Waals surface area contributed by atoms with Crippen LogP contribution in [0.3, 0.4) is 0 Å². The van der Waals surface area contributed by atoms with E-state index in [2.05, 4.69) is 12.2 Å². The standard InChI is InChI=1S/C10H21NO2/c1-2-3-4-7-10(13)11-8-5-6-9-12/h12H,2-9H2,1H3,(H,11,13). The maximum Gasteiger partial charge on any atom is 0.219 e. The molecule has 0 aliphatic carbocycles. The van der Waals surface area contributed by atoms with E-state index in [0.29, 0.717) is 13.0 Å². The molecular weight excluding hydrogens is 166 g/mol. The van der Waals surface area contributed by atoms with E-state index in [-0.39, 0.29) is 12.5 Å². The monoisotopic (exact) mass is 187 g/mol. The van der Waals surface area contributed by atoms with Gasteiger partial charge in [0.1, 0.15) is 0 Å². The van der Waals surface area contributed by atoms with Crippen LogP contribution < -0.4 is 5.32 Å². The number of nitrogens with one attached hydrogen (secondary N) is 1. The van der Waals surface area contributed by atoms with Gasteiger partial charge in [0.15, 0.2) is 0 Å². The highest BCUT2D eigenvalue weighted by atomic mass is 16.2. The van der Waals surface area contributed by atoms with Gasteiger partial charge >= 0.3 is 0 Å². The molecule has 0 fully saturated rings. The van der Waals surface area contributed by atoms with Gasteiger partial charge in [-0.25, -0.2) is 0 Å². The van der Waals surface area contributed by atoms with E-state index in [1.54, 1.807) is 0 Å². The molecule has 0 spiro atoms. The summed E-state index contributed by atoms with van der Waals surface area (Å²) >= 11 is 0. The molecule has 1 amide bonds. The minimum absolute atomic E-state index is 0.145. The van der Waals surface area contributed by atoms with E-state index in [1.165, 1.54) is 0 Å². The first-order valence-corrected chi connectivity index (χ1v) is 5.18. The highest BCUT2D eigenvalue weighted by molar-refractivity contribution is 5.75. The van der Waals surface area contributed by atoms with E-state index >= 15 is 0 Å². The van der Waals surface area contributed by atoms with Gasteiger partial charge in [0.2, 0.25) is 5.91 Å². The molecule has 3 nitrogen and oxygen atoms in total. The van der Waals surface area contributed by atoms with Gasteiger partial charge in [-0.3, -0.25) is 4.79 Å². The SMILES string of the molecule is CCCCCC(=O)NCCCCO. The molecule has 0 aromatic carbocycles. The molecule has 0 aromatic heterocycles. The minimum atomic E-state index is 0.145. The zero-order valence-corrected chi connectivity index (χ0v) is 8.51. The van der Waals surface area contributed by atoms with Crippen LogP contribution in [0.25, 0.3) is 0 Å². The second-order valence-corrected chi connectivity index (χ2v) is 3.24. The average molecular weight is 187 g/mol. The highest BCUT2D eigenvalue weighted by Crippen LogP contribution is 1.98. The van der Waals surface area contributed by atoms with Gasteiger partial charge < -0.3 is 10.4 Å². The fraction of sp³-hybridized carbons (Fsp3) is 0.900. The molecule has 0 saturated carbocycles. The third-order valence-electron chi connectivity index (χ3n) is 1.91. The van der Waals surface area contributed by atoms with Crippen LogP contribution in [0, 0.1) is 0 Å². The lowest BCUT2D eigenvalue weighted by Gasteiger charge is -2.03. The Bertz CT molecular complexity index is 126. The molecule has 0 aromatic rings. The first-order chi connectivity index (χ1) is 6.31. The minimum Gasteiger partial charge on any atom is -0.396 e. The Hall–Kier alpha value is -0.570. The van der Waals surface area contributed by atoms with Crippen molar-refractivity contribution in [1.82, 2.24) is 5.32 Å². The van der Waals surface area contributed by atoms with Crippen molar-refractivity contribution in [2.45, 2.75) is 45.4 Å². The molecular formula is C10H21NO2. The fourth-order valence-corrected chi connectivity index (χ4v) is 1.09. The summed E-state index contributed by atoms with van der Waals surface area (Å²) in [5.41, 5.74) is 0. The number of rotatable bonds is 8.